The second-order valence-electron chi connectivity index (χ2n) is 12.8. The summed E-state index contributed by atoms with van der Waals surface area (Å²) >= 11 is 0. The molecule has 0 amide bonds. The number of phenols is 1. The van der Waals surface area contributed by atoms with Gasteiger partial charge in [-0.2, -0.15) is 9.90 Å². The van der Waals surface area contributed by atoms with Crippen LogP contribution in [-0.2, 0) is 23.9 Å². The highest BCUT2D eigenvalue weighted by Gasteiger charge is 2.51. The molecule has 1 fully saturated rings. The molecule has 0 spiro atoms. The number of aliphatic carboxylic acids is 1. The summed E-state index contributed by atoms with van der Waals surface area (Å²) in [5.74, 6) is -2.24. The number of phenolic OH excluding ortho intramolecular Hbond substituents is 1. The molecular formula is C38H35N2O12+. The Morgan fingerprint density at radius 3 is 2.46 bits per heavy atom. The Hall–Kier alpha value is -5.64. The highest BCUT2D eigenvalue weighted by Crippen LogP contribution is 2.32. The number of quaternary nitrogens is 1. The summed E-state index contributed by atoms with van der Waals surface area (Å²) in [6.45, 7) is 3.71. The number of benzene rings is 3. The van der Waals surface area contributed by atoms with Gasteiger partial charge in [0.15, 0.2) is 11.1 Å². The standard InChI is InChI=1S/C38H34N2O12/c1-19-11-20(2)13-23(12-19)33-32-22(9-10-39-32)16-40(33)52-37-36(47)35(46)29(18-49-31(44)15-30(42)43)51-38(37)50-25-7-8-26-28(14-25)48-17-27(34(26)45)21-3-5-24(41)6-4-21/h3-14,17,29,35-38,41,46-47H,15-16,18H2,1-2H3,(H,42,43)/p+1/t29-,35-,36+,37-,38-/m0/s1. The van der Waals surface area contributed by atoms with Crippen LogP contribution in [0.25, 0.3) is 27.8 Å². The predicted octanol–water partition coefficient (Wildman–Crippen LogP) is 2.20. The number of hydrogen-bond donors (Lipinski definition) is 5. The minimum atomic E-state index is -1.64. The van der Waals surface area contributed by atoms with Crippen molar-refractivity contribution in [2.24, 2.45) is 4.99 Å². The van der Waals surface area contributed by atoms with Crippen molar-refractivity contribution in [1.82, 2.24) is 0 Å². The first kappa shape index (κ1) is 34.8. The van der Waals surface area contributed by atoms with Gasteiger partial charge in [0.25, 0.3) is 0 Å². The van der Waals surface area contributed by atoms with Crippen LogP contribution in [0.3, 0.4) is 0 Å². The number of carbonyl (C=O) groups excluding carboxylic acids is 1. The van der Waals surface area contributed by atoms with Gasteiger partial charge in [-0.05, 0) is 61.9 Å². The van der Waals surface area contributed by atoms with Crippen LogP contribution in [-0.4, -0.2) is 82.4 Å². The van der Waals surface area contributed by atoms with Crippen LogP contribution in [0.15, 0.2) is 98.5 Å². The SMILES string of the molecule is Cc1cc(C)cc(C2=C3N=CC=C3C[NH+]2O[C@@H]2[C@@H](Oc3ccc4c(=O)c(-c5ccc(O)cc5)coc4c3)O[C@@H](COC(=O)CC(=O)O)[C@H](O)[C@H]2O)c1. The number of esters is 1. The minimum Gasteiger partial charge on any atom is -0.508 e. The van der Waals surface area contributed by atoms with Crippen LogP contribution in [0.4, 0.5) is 0 Å². The number of hydrogen-bond acceptors (Lipinski definition) is 12. The number of fused-ring (bicyclic) bond motifs is 2. The molecule has 3 aromatic carbocycles. The largest absolute Gasteiger partial charge is 0.508 e. The monoisotopic (exact) mass is 711 g/mol. The predicted molar refractivity (Wildman–Crippen MR) is 184 cm³/mol. The first-order chi connectivity index (χ1) is 24.9. The van der Waals surface area contributed by atoms with Gasteiger partial charge in [-0.25, -0.2) is 4.99 Å². The molecule has 4 aromatic rings. The topological polar surface area (TPSA) is 199 Å². The van der Waals surface area contributed by atoms with E-state index in [2.05, 4.69) is 4.99 Å². The Bertz CT molecular complexity index is 2190. The Morgan fingerprint density at radius 1 is 0.981 bits per heavy atom. The number of hydroxylamine groups is 2. The van der Waals surface area contributed by atoms with Crippen LogP contribution in [0.5, 0.6) is 11.5 Å². The van der Waals surface area contributed by atoms with E-state index in [1.54, 1.807) is 18.3 Å². The van der Waals surface area contributed by atoms with E-state index in [1.807, 2.05) is 38.1 Å². The van der Waals surface area contributed by atoms with Crippen molar-refractivity contribution in [2.75, 3.05) is 13.2 Å². The highest BCUT2D eigenvalue weighted by molar-refractivity contribution is 5.90. The Balaban J connectivity index is 1.20. The first-order valence-electron chi connectivity index (χ1n) is 16.4. The molecule has 3 aliphatic rings. The molecule has 1 unspecified atom stereocenters. The van der Waals surface area contributed by atoms with Crippen LogP contribution in [0.2, 0.25) is 0 Å². The van der Waals surface area contributed by atoms with Crippen LogP contribution >= 0.6 is 0 Å². The zero-order chi connectivity index (χ0) is 36.7. The molecule has 1 aromatic heterocycles. The van der Waals surface area contributed by atoms with E-state index in [1.165, 1.54) is 36.6 Å². The van der Waals surface area contributed by atoms with Gasteiger partial charge < -0.3 is 39.1 Å². The smallest absolute Gasteiger partial charge is 0.317 e. The number of carboxylic acids is 1. The number of nitrogens with one attached hydrogen (secondary N) is 1. The summed E-state index contributed by atoms with van der Waals surface area (Å²) in [5.41, 5.74) is 5.96. The number of carbonyl (C=O) groups is 2. The fourth-order valence-corrected chi connectivity index (χ4v) is 6.58. The van der Waals surface area contributed by atoms with Crippen LogP contribution < -0.4 is 15.2 Å². The Labute approximate surface area is 296 Å². The van der Waals surface area contributed by atoms with Crippen molar-refractivity contribution < 1.29 is 58.5 Å². The zero-order valence-electron chi connectivity index (χ0n) is 28.0. The van der Waals surface area contributed by atoms with Gasteiger partial charge in [0.05, 0.1) is 10.9 Å². The van der Waals surface area contributed by atoms with Gasteiger partial charge >= 0.3 is 11.9 Å². The lowest BCUT2D eigenvalue weighted by atomic mass is 9.99. The number of aryl methyl sites for hydroxylation is 2. The molecule has 268 valence electrons. The average Bonchev–Trinajstić information content (AvgIpc) is 3.68. The summed E-state index contributed by atoms with van der Waals surface area (Å²) in [6, 6.07) is 16.7. The third kappa shape index (κ3) is 6.97. The van der Waals surface area contributed by atoms with Crippen LogP contribution in [0, 0.1) is 13.8 Å². The lowest BCUT2D eigenvalue weighted by Crippen LogP contribution is -3.08. The van der Waals surface area contributed by atoms with E-state index >= 15 is 0 Å². The van der Waals surface area contributed by atoms with Crippen LogP contribution in [0.1, 0.15) is 23.1 Å². The number of aliphatic imine (C=N–C) groups is 1. The molecular weight excluding hydrogens is 676 g/mol. The summed E-state index contributed by atoms with van der Waals surface area (Å²) < 4.78 is 23.2. The second kappa shape index (κ2) is 14.2. The van der Waals surface area contributed by atoms with E-state index in [0.29, 0.717) is 22.9 Å². The number of ether oxygens (including phenoxy) is 3. The van der Waals surface area contributed by atoms with Crippen molar-refractivity contribution in [2.45, 2.75) is 51.0 Å². The number of aromatic hydroxyl groups is 1. The van der Waals surface area contributed by atoms with Crippen molar-refractivity contribution in [3.63, 3.8) is 0 Å². The number of aliphatic hydroxyl groups excluding tert-OH is 2. The number of carboxylic acid groups (broad SMARTS) is 1. The molecule has 0 saturated carbocycles. The van der Waals surface area contributed by atoms with Gasteiger partial charge in [0.1, 0.15) is 66.9 Å². The van der Waals surface area contributed by atoms with E-state index in [4.69, 9.17) is 28.6 Å². The number of allylic oxidation sites excluding steroid dienone is 1. The van der Waals surface area contributed by atoms with Crippen molar-refractivity contribution >= 4 is 34.8 Å². The molecule has 52 heavy (non-hydrogen) atoms. The third-order valence-electron chi connectivity index (χ3n) is 8.96. The fraction of sp³-hybridized carbons (Fsp3) is 0.263. The second-order valence-corrected chi connectivity index (χ2v) is 12.8. The van der Waals surface area contributed by atoms with Gasteiger partial charge in [0, 0.05) is 23.4 Å². The van der Waals surface area contributed by atoms with E-state index < -0.39 is 55.7 Å². The first-order valence-corrected chi connectivity index (χ1v) is 16.4. The maximum absolute atomic E-state index is 13.4. The molecule has 0 radical (unpaired) electrons. The van der Waals surface area contributed by atoms with E-state index in [9.17, 15) is 29.7 Å². The maximum Gasteiger partial charge on any atom is 0.317 e. The van der Waals surface area contributed by atoms with E-state index in [-0.39, 0.29) is 33.5 Å². The van der Waals surface area contributed by atoms with Gasteiger partial charge in [-0.3, -0.25) is 14.4 Å². The maximum atomic E-state index is 13.4. The molecule has 14 heteroatoms. The highest BCUT2D eigenvalue weighted by atomic mass is 16.8. The summed E-state index contributed by atoms with van der Waals surface area (Å²) in [7, 11) is 0. The number of nitrogens with zero attached hydrogens (tertiary/aromatic N) is 1. The zero-order valence-corrected chi connectivity index (χ0v) is 28.0. The molecule has 5 N–H and O–H groups in total. The third-order valence-corrected chi connectivity index (χ3v) is 8.96. The average molecular weight is 712 g/mol. The van der Waals surface area contributed by atoms with Gasteiger partial charge in [0.2, 0.25) is 12.4 Å². The lowest BCUT2D eigenvalue weighted by molar-refractivity contribution is -1.04. The summed E-state index contributed by atoms with van der Waals surface area (Å²) in [6.07, 6.45) is -3.36. The molecule has 1 saturated heterocycles. The molecule has 4 heterocycles. The number of aliphatic hydroxyl groups is 2. The molecule has 3 aliphatic heterocycles. The van der Waals surface area contributed by atoms with Gasteiger partial charge in [-0.15, -0.1) is 0 Å². The van der Waals surface area contributed by atoms with E-state index in [0.717, 1.165) is 28.0 Å². The van der Waals surface area contributed by atoms with Crippen molar-refractivity contribution in [3.05, 3.63) is 111 Å². The molecule has 6 atom stereocenters. The molecule has 7 rings (SSSR count). The quantitative estimate of drug-likeness (QED) is 0.119. The molecule has 0 aliphatic carbocycles. The lowest BCUT2D eigenvalue weighted by Gasteiger charge is -2.41. The summed E-state index contributed by atoms with van der Waals surface area (Å²) in [5, 5.41) is 42.0. The Morgan fingerprint density at radius 2 is 1.73 bits per heavy atom. The van der Waals surface area contributed by atoms with Gasteiger partial charge in [-0.1, -0.05) is 29.3 Å². The van der Waals surface area contributed by atoms with Crippen molar-refractivity contribution in [1.29, 1.82) is 0 Å². The normalized spacial score (nSPS) is 23.8. The minimum absolute atomic E-state index is 0.0548. The molecule has 14 nitrogen and oxygen atoms in total. The summed E-state index contributed by atoms with van der Waals surface area (Å²) in [4.78, 5) is 47.5. The molecule has 0 bridgehead atoms. The fourth-order valence-electron chi connectivity index (χ4n) is 6.58. The Kier molecular flexibility index (Phi) is 9.48. The van der Waals surface area contributed by atoms with Crippen molar-refractivity contribution in [3.8, 4) is 22.6 Å². The number of rotatable bonds is 10.